The molecule has 1 unspecified atom stereocenters. The highest BCUT2D eigenvalue weighted by Crippen LogP contribution is 2.23. The third-order valence-electron chi connectivity index (χ3n) is 4.08. The molecule has 19 heavy (non-hydrogen) atoms. The highest BCUT2D eigenvalue weighted by Gasteiger charge is 2.29. The molecular formula is C13H20N4OS. The van der Waals surface area contributed by atoms with Gasteiger partial charge in [-0.15, -0.1) is 0 Å². The molecule has 0 saturated carbocycles. The third-order valence-corrected chi connectivity index (χ3v) is 5.23. The predicted octanol–water partition coefficient (Wildman–Crippen LogP) is 0.981. The second-order valence-electron chi connectivity index (χ2n) is 5.25. The second-order valence-corrected chi connectivity index (χ2v) is 6.40. The number of aryl methyl sites for hydroxylation is 1. The summed E-state index contributed by atoms with van der Waals surface area (Å²) in [5.74, 6) is 2.67. The first kappa shape index (κ1) is 13.0. The van der Waals surface area contributed by atoms with E-state index in [4.69, 9.17) is 0 Å². The lowest BCUT2D eigenvalue weighted by Gasteiger charge is -2.37. The second kappa shape index (κ2) is 5.54. The Morgan fingerprint density at radius 1 is 1.42 bits per heavy atom. The Morgan fingerprint density at radius 3 is 2.79 bits per heavy atom. The SMILES string of the molecule is Cc1[nH]ncc1C(=O)N1CCN(C2CCSC2)CC1. The molecule has 1 N–H and O–H groups in total. The van der Waals surface area contributed by atoms with Gasteiger partial charge < -0.3 is 4.90 Å². The zero-order valence-corrected chi connectivity index (χ0v) is 12.1. The number of carbonyl (C=O) groups excluding carboxylic acids is 1. The zero-order valence-electron chi connectivity index (χ0n) is 11.3. The molecule has 2 saturated heterocycles. The quantitative estimate of drug-likeness (QED) is 0.877. The fourth-order valence-corrected chi connectivity index (χ4v) is 4.09. The Kier molecular flexibility index (Phi) is 3.79. The van der Waals surface area contributed by atoms with Crippen LogP contribution < -0.4 is 0 Å². The number of thioether (sulfide) groups is 1. The van der Waals surface area contributed by atoms with Crippen LogP contribution in [0.15, 0.2) is 6.20 Å². The first-order chi connectivity index (χ1) is 9.25. The smallest absolute Gasteiger partial charge is 0.257 e. The van der Waals surface area contributed by atoms with Gasteiger partial charge in [-0.25, -0.2) is 0 Å². The summed E-state index contributed by atoms with van der Waals surface area (Å²) in [6.45, 7) is 5.59. The Balaban J connectivity index is 1.58. The molecule has 0 radical (unpaired) electrons. The fraction of sp³-hybridized carbons (Fsp3) is 0.692. The lowest BCUT2D eigenvalue weighted by molar-refractivity contribution is 0.0587. The van der Waals surface area contributed by atoms with Crippen LogP contribution in [0, 0.1) is 6.92 Å². The third kappa shape index (κ3) is 2.65. The zero-order chi connectivity index (χ0) is 13.2. The van der Waals surface area contributed by atoms with E-state index in [2.05, 4.69) is 15.1 Å². The van der Waals surface area contributed by atoms with Crippen LogP contribution in [0.2, 0.25) is 0 Å². The van der Waals surface area contributed by atoms with Gasteiger partial charge in [-0.05, 0) is 19.1 Å². The van der Waals surface area contributed by atoms with Crippen molar-refractivity contribution in [2.45, 2.75) is 19.4 Å². The highest BCUT2D eigenvalue weighted by molar-refractivity contribution is 7.99. The summed E-state index contributed by atoms with van der Waals surface area (Å²) in [4.78, 5) is 16.9. The van der Waals surface area contributed by atoms with Gasteiger partial charge in [-0.2, -0.15) is 16.9 Å². The summed E-state index contributed by atoms with van der Waals surface area (Å²) < 4.78 is 0. The molecule has 2 aliphatic heterocycles. The number of hydrogen-bond donors (Lipinski definition) is 1. The maximum Gasteiger partial charge on any atom is 0.257 e. The molecule has 3 rings (SSSR count). The van der Waals surface area contributed by atoms with Gasteiger partial charge in [0.15, 0.2) is 0 Å². The van der Waals surface area contributed by atoms with Crippen LogP contribution in [0.3, 0.4) is 0 Å². The van der Waals surface area contributed by atoms with Gasteiger partial charge in [-0.3, -0.25) is 14.8 Å². The lowest BCUT2D eigenvalue weighted by Crippen LogP contribution is -2.52. The van der Waals surface area contributed by atoms with E-state index in [-0.39, 0.29) is 5.91 Å². The first-order valence-corrected chi connectivity index (χ1v) is 8.02. The van der Waals surface area contributed by atoms with Crippen molar-refractivity contribution in [3.63, 3.8) is 0 Å². The van der Waals surface area contributed by atoms with Crippen molar-refractivity contribution in [3.8, 4) is 0 Å². The summed E-state index contributed by atoms with van der Waals surface area (Å²) in [5, 5.41) is 6.76. The largest absolute Gasteiger partial charge is 0.336 e. The standard InChI is InChI=1S/C13H20N4OS/c1-10-12(8-14-15-10)13(18)17-5-3-16(4-6-17)11-2-7-19-9-11/h8,11H,2-7,9H2,1H3,(H,14,15). The molecule has 1 atom stereocenters. The Morgan fingerprint density at radius 2 is 2.21 bits per heavy atom. The van der Waals surface area contributed by atoms with Gasteiger partial charge in [0.1, 0.15) is 0 Å². The number of amides is 1. The number of nitrogens with one attached hydrogen (secondary N) is 1. The predicted molar refractivity (Wildman–Crippen MR) is 76.5 cm³/mol. The van der Waals surface area contributed by atoms with Gasteiger partial charge in [0.2, 0.25) is 0 Å². The molecule has 3 heterocycles. The van der Waals surface area contributed by atoms with E-state index in [1.165, 1.54) is 17.9 Å². The minimum atomic E-state index is 0.117. The van der Waals surface area contributed by atoms with Crippen LogP contribution in [0.25, 0.3) is 0 Å². The number of rotatable bonds is 2. The normalized spacial score (nSPS) is 24.9. The Bertz CT molecular complexity index is 447. The number of hydrogen-bond acceptors (Lipinski definition) is 4. The highest BCUT2D eigenvalue weighted by atomic mass is 32.2. The Hall–Kier alpha value is -1.01. The van der Waals surface area contributed by atoms with Crippen molar-refractivity contribution in [2.75, 3.05) is 37.7 Å². The van der Waals surface area contributed by atoms with Crippen molar-refractivity contribution in [2.24, 2.45) is 0 Å². The number of piperazine rings is 1. The summed E-state index contributed by atoms with van der Waals surface area (Å²) >= 11 is 2.05. The summed E-state index contributed by atoms with van der Waals surface area (Å²) in [6.07, 6.45) is 2.94. The van der Waals surface area contributed by atoms with E-state index in [9.17, 15) is 4.79 Å². The monoisotopic (exact) mass is 280 g/mol. The molecule has 0 bridgehead atoms. The van der Waals surface area contributed by atoms with Crippen LogP contribution in [0.1, 0.15) is 22.5 Å². The van der Waals surface area contributed by atoms with Crippen LogP contribution >= 0.6 is 11.8 Å². The van der Waals surface area contributed by atoms with Gasteiger partial charge in [0.25, 0.3) is 5.91 Å². The maximum atomic E-state index is 12.4. The van der Waals surface area contributed by atoms with E-state index < -0.39 is 0 Å². The van der Waals surface area contributed by atoms with E-state index in [1.54, 1.807) is 6.20 Å². The van der Waals surface area contributed by atoms with E-state index >= 15 is 0 Å². The number of nitrogens with zero attached hydrogens (tertiary/aromatic N) is 3. The molecule has 104 valence electrons. The van der Waals surface area contributed by atoms with Crippen molar-refractivity contribution in [1.82, 2.24) is 20.0 Å². The van der Waals surface area contributed by atoms with Crippen molar-refractivity contribution >= 4 is 17.7 Å². The molecule has 0 spiro atoms. The number of H-pyrrole nitrogens is 1. The molecule has 6 heteroatoms. The van der Waals surface area contributed by atoms with Crippen LogP contribution in [0.4, 0.5) is 0 Å². The summed E-state index contributed by atoms with van der Waals surface area (Å²) in [5.41, 5.74) is 1.57. The lowest BCUT2D eigenvalue weighted by atomic mass is 10.1. The van der Waals surface area contributed by atoms with Crippen LogP contribution in [-0.2, 0) is 0 Å². The average Bonchev–Trinajstić information content (AvgIpc) is 3.09. The minimum Gasteiger partial charge on any atom is -0.336 e. The number of aromatic nitrogens is 2. The van der Waals surface area contributed by atoms with E-state index in [0.29, 0.717) is 5.56 Å². The van der Waals surface area contributed by atoms with Crippen molar-refractivity contribution < 1.29 is 4.79 Å². The van der Waals surface area contributed by atoms with Gasteiger partial charge in [0, 0.05) is 43.7 Å². The molecule has 1 amide bonds. The van der Waals surface area contributed by atoms with Crippen LogP contribution in [0.5, 0.6) is 0 Å². The number of aromatic amines is 1. The van der Waals surface area contributed by atoms with E-state index in [1.807, 2.05) is 23.6 Å². The van der Waals surface area contributed by atoms with Crippen LogP contribution in [-0.4, -0.2) is 69.6 Å². The van der Waals surface area contributed by atoms with Crippen molar-refractivity contribution in [3.05, 3.63) is 17.5 Å². The molecule has 1 aromatic heterocycles. The topological polar surface area (TPSA) is 52.2 Å². The number of carbonyl (C=O) groups is 1. The molecule has 2 fully saturated rings. The van der Waals surface area contributed by atoms with Crippen molar-refractivity contribution in [1.29, 1.82) is 0 Å². The minimum absolute atomic E-state index is 0.117. The summed E-state index contributed by atoms with van der Waals surface area (Å²) in [6, 6.07) is 0.734. The molecular weight excluding hydrogens is 260 g/mol. The molecule has 0 aromatic carbocycles. The molecule has 0 aliphatic carbocycles. The molecule has 2 aliphatic rings. The van der Waals surface area contributed by atoms with E-state index in [0.717, 1.165) is 37.9 Å². The van der Waals surface area contributed by atoms with Gasteiger partial charge in [-0.1, -0.05) is 0 Å². The fourth-order valence-electron chi connectivity index (χ4n) is 2.84. The maximum absolute atomic E-state index is 12.4. The molecule has 5 nitrogen and oxygen atoms in total. The Labute approximate surface area is 117 Å². The summed E-state index contributed by atoms with van der Waals surface area (Å²) in [7, 11) is 0. The molecule has 1 aromatic rings. The van der Waals surface area contributed by atoms with Gasteiger partial charge >= 0.3 is 0 Å². The first-order valence-electron chi connectivity index (χ1n) is 6.87. The average molecular weight is 280 g/mol. The van der Waals surface area contributed by atoms with Gasteiger partial charge in [0.05, 0.1) is 11.8 Å².